The van der Waals surface area contributed by atoms with Crippen LogP contribution in [0.3, 0.4) is 0 Å². The van der Waals surface area contributed by atoms with Crippen molar-refractivity contribution in [1.82, 2.24) is 4.72 Å². The quantitative estimate of drug-likeness (QED) is 0.819. The van der Waals surface area contributed by atoms with Gasteiger partial charge in [0.1, 0.15) is 10.6 Å². The molecule has 2 rings (SSSR count). The van der Waals surface area contributed by atoms with Crippen LogP contribution in [0.4, 0.5) is 5.69 Å². The highest BCUT2D eigenvalue weighted by Crippen LogP contribution is 2.28. The minimum atomic E-state index is -3.60. The summed E-state index contributed by atoms with van der Waals surface area (Å²) in [5, 5.41) is 0. The Kier molecular flexibility index (Phi) is 5.11. The first kappa shape index (κ1) is 16.1. The number of hydrogen-bond donors (Lipinski definition) is 2. The molecule has 6 heteroatoms. The summed E-state index contributed by atoms with van der Waals surface area (Å²) in [7, 11) is -2.07. The third-order valence-electron chi connectivity index (χ3n) is 4.20. The van der Waals surface area contributed by atoms with Crippen molar-refractivity contribution >= 4 is 15.7 Å². The molecule has 0 radical (unpaired) electrons. The molecule has 1 saturated carbocycles. The minimum Gasteiger partial charge on any atom is -0.497 e. The van der Waals surface area contributed by atoms with Crippen molar-refractivity contribution in [3.63, 3.8) is 0 Å². The summed E-state index contributed by atoms with van der Waals surface area (Å²) in [5.74, 6) is 0.958. The summed E-state index contributed by atoms with van der Waals surface area (Å²) in [6.07, 6.45) is 5.79. The summed E-state index contributed by atoms with van der Waals surface area (Å²) in [6, 6.07) is 4.55. The van der Waals surface area contributed by atoms with Crippen LogP contribution in [0.1, 0.15) is 39.0 Å². The van der Waals surface area contributed by atoms with Crippen LogP contribution in [0.25, 0.3) is 0 Å². The summed E-state index contributed by atoms with van der Waals surface area (Å²) >= 11 is 0. The molecule has 0 bridgehead atoms. The Hall–Kier alpha value is -1.27. The van der Waals surface area contributed by atoms with Crippen LogP contribution in [0.2, 0.25) is 0 Å². The fraction of sp³-hybridized carbons (Fsp3) is 0.600. The fourth-order valence-corrected chi connectivity index (χ4v) is 4.36. The largest absolute Gasteiger partial charge is 0.497 e. The molecule has 0 spiro atoms. The van der Waals surface area contributed by atoms with Gasteiger partial charge in [0.2, 0.25) is 10.0 Å². The maximum absolute atomic E-state index is 12.5. The smallest absolute Gasteiger partial charge is 0.242 e. The van der Waals surface area contributed by atoms with E-state index >= 15 is 0 Å². The first-order valence-electron chi connectivity index (χ1n) is 7.40. The maximum Gasteiger partial charge on any atom is 0.242 e. The Bertz CT molecular complexity index is 581. The highest BCUT2D eigenvalue weighted by molar-refractivity contribution is 7.89. The lowest BCUT2D eigenvalue weighted by Gasteiger charge is -2.28. The number of nitrogens with two attached hydrogens (primary N) is 1. The number of benzene rings is 1. The van der Waals surface area contributed by atoms with Crippen LogP contribution in [0.5, 0.6) is 5.75 Å². The highest BCUT2D eigenvalue weighted by atomic mass is 32.2. The van der Waals surface area contributed by atoms with Crippen molar-refractivity contribution in [2.24, 2.45) is 5.92 Å². The predicted octanol–water partition coefficient (Wildman–Crippen LogP) is 2.52. The van der Waals surface area contributed by atoms with E-state index in [1.54, 1.807) is 6.07 Å². The summed E-state index contributed by atoms with van der Waals surface area (Å²) in [6.45, 7) is 1.94. The van der Waals surface area contributed by atoms with Crippen LogP contribution in [-0.2, 0) is 10.0 Å². The van der Waals surface area contributed by atoms with Crippen LogP contribution < -0.4 is 15.2 Å². The molecule has 1 atom stereocenters. The first-order valence-corrected chi connectivity index (χ1v) is 8.88. The van der Waals surface area contributed by atoms with Gasteiger partial charge in [-0.3, -0.25) is 0 Å². The van der Waals surface area contributed by atoms with E-state index in [1.165, 1.54) is 38.5 Å². The number of nitrogens with one attached hydrogen (secondary N) is 1. The normalized spacial score (nSPS) is 18.4. The van der Waals surface area contributed by atoms with E-state index in [1.807, 2.05) is 6.92 Å². The fourth-order valence-electron chi connectivity index (χ4n) is 2.94. The molecule has 0 saturated heterocycles. The van der Waals surface area contributed by atoms with E-state index in [9.17, 15) is 8.42 Å². The maximum atomic E-state index is 12.5. The number of rotatable bonds is 5. The second-order valence-electron chi connectivity index (χ2n) is 5.71. The molecule has 1 fully saturated rings. The van der Waals surface area contributed by atoms with E-state index in [4.69, 9.17) is 10.5 Å². The zero-order valence-electron chi connectivity index (χ0n) is 12.6. The second kappa shape index (κ2) is 6.66. The van der Waals surface area contributed by atoms with Crippen molar-refractivity contribution in [2.75, 3.05) is 12.8 Å². The third kappa shape index (κ3) is 3.89. The molecule has 0 aliphatic heterocycles. The Morgan fingerprint density at radius 2 is 1.95 bits per heavy atom. The van der Waals surface area contributed by atoms with Crippen molar-refractivity contribution < 1.29 is 13.2 Å². The van der Waals surface area contributed by atoms with Gasteiger partial charge in [0, 0.05) is 12.1 Å². The second-order valence-corrected chi connectivity index (χ2v) is 7.39. The molecule has 0 heterocycles. The molecule has 1 unspecified atom stereocenters. The Balaban J connectivity index is 2.14. The zero-order valence-corrected chi connectivity index (χ0v) is 13.4. The molecule has 1 aliphatic carbocycles. The number of ether oxygens (including phenoxy) is 1. The average Bonchev–Trinajstić information content (AvgIpc) is 2.47. The first-order chi connectivity index (χ1) is 9.94. The molecule has 118 valence electrons. The highest BCUT2D eigenvalue weighted by Gasteiger charge is 2.26. The third-order valence-corrected chi connectivity index (χ3v) is 5.84. The van der Waals surface area contributed by atoms with Crippen molar-refractivity contribution in [3.8, 4) is 5.75 Å². The van der Waals surface area contributed by atoms with Crippen LogP contribution in [0.15, 0.2) is 23.1 Å². The molecule has 21 heavy (non-hydrogen) atoms. The van der Waals surface area contributed by atoms with Gasteiger partial charge in [0.05, 0.1) is 12.8 Å². The molecule has 0 aromatic heterocycles. The minimum absolute atomic E-state index is 0.0724. The predicted molar refractivity (Wildman–Crippen MR) is 83.8 cm³/mol. The molecule has 5 nitrogen and oxygen atoms in total. The summed E-state index contributed by atoms with van der Waals surface area (Å²) in [4.78, 5) is 0.117. The van der Waals surface area contributed by atoms with Crippen LogP contribution in [-0.4, -0.2) is 21.6 Å². The molecule has 1 aromatic rings. The molecule has 3 N–H and O–H groups in total. The molecular formula is C15H24N2O3S. The number of methoxy groups -OCH3 is 1. The van der Waals surface area contributed by atoms with Gasteiger partial charge in [-0.1, -0.05) is 19.3 Å². The Morgan fingerprint density at radius 1 is 1.29 bits per heavy atom. The topological polar surface area (TPSA) is 81.4 Å². The standard InChI is InChI=1S/C15H24N2O3S/c1-11(12-6-4-3-5-7-12)17-21(18,19)15-9-8-13(20-2)10-14(15)16/h8-12,17H,3-7,16H2,1-2H3. The van der Waals surface area contributed by atoms with Crippen molar-refractivity contribution in [3.05, 3.63) is 18.2 Å². The lowest BCUT2D eigenvalue weighted by Crippen LogP contribution is -2.39. The van der Waals surface area contributed by atoms with Crippen LogP contribution >= 0.6 is 0 Å². The number of anilines is 1. The van der Waals surface area contributed by atoms with Gasteiger partial charge >= 0.3 is 0 Å². The average molecular weight is 312 g/mol. The van der Waals surface area contributed by atoms with Gasteiger partial charge in [-0.15, -0.1) is 0 Å². The van der Waals surface area contributed by atoms with E-state index in [0.717, 1.165) is 12.8 Å². The van der Waals surface area contributed by atoms with Gasteiger partial charge in [-0.05, 0) is 37.8 Å². The van der Waals surface area contributed by atoms with Crippen molar-refractivity contribution in [1.29, 1.82) is 0 Å². The Labute approximate surface area is 126 Å². The summed E-state index contributed by atoms with van der Waals surface area (Å²) < 4.78 is 32.8. The zero-order chi connectivity index (χ0) is 15.5. The van der Waals surface area contributed by atoms with Crippen molar-refractivity contribution in [2.45, 2.75) is 50.0 Å². The van der Waals surface area contributed by atoms with Gasteiger partial charge < -0.3 is 10.5 Å². The lowest BCUT2D eigenvalue weighted by molar-refractivity contribution is 0.303. The Morgan fingerprint density at radius 3 is 2.52 bits per heavy atom. The van der Waals surface area contributed by atoms with E-state index in [0.29, 0.717) is 11.7 Å². The van der Waals surface area contributed by atoms with E-state index in [-0.39, 0.29) is 16.6 Å². The summed E-state index contributed by atoms with van der Waals surface area (Å²) in [5.41, 5.74) is 6.04. The molecule has 1 aliphatic rings. The number of hydrogen-bond acceptors (Lipinski definition) is 4. The van der Waals surface area contributed by atoms with Gasteiger partial charge in [0.25, 0.3) is 0 Å². The van der Waals surface area contributed by atoms with E-state index in [2.05, 4.69) is 4.72 Å². The van der Waals surface area contributed by atoms with Gasteiger partial charge in [-0.25, -0.2) is 13.1 Å². The van der Waals surface area contributed by atoms with E-state index < -0.39 is 10.0 Å². The lowest BCUT2D eigenvalue weighted by atomic mass is 9.85. The number of sulfonamides is 1. The molecule has 1 aromatic carbocycles. The molecule has 0 amide bonds. The number of nitrogen functional groups attached to an aromatic ring is 1. The monoisotopic (exact) mass is 312 g/mol. The van der Waals surface area contributed by atoms with Crippen LogP contribution in [0, 0.1) is 5.92 Å². The molecular weight excluding hydrogens is 288 g/mol. The SMILES string of the molecule is COc1ccc(S(=O)(=O)NC(C)C2CCCCC2)c(N)c1. The van der Waals surface area contributed by atoms with Gasteiger partial charge in [-0.2, -0.15) is 0 Å². The van der Waals surface area contributed by atoms with Gasteiger partial charge in [0.15, 0.2) is 0 Å².